The van der Waals surface area contributed by atoms with E-state index in [0.717, 1.165) is 22.5 Å². The highest BCUT2D eigenvalue weighted by Crippen LogP contribution is 2.24. The van der Waals surface area contributed by atoms with Crippen molar-refractivity contribution < 1.29 is 35.9 Å². The Morgan fingerprint density at radius 1 is 1.18 bits per heavy atom. The van der Waals surface area contributed by atoms with Crippen molar-refractivity contribution in [3.8, 4) is 0 Å². The molecule has 11 nitrogen and oxygen atoms in total. The molecule has 0 bridgehead atoms. The van der Waals surface area contributed by atoms with Gasteiger partial charge in [0.1, 0.15) is 17.4 Å². The Kier molecular flexibility index (Phi) is 9.95. The van der Waals surface area contributed by atoms with Crippen molar-refractivity contribution in [2.75, 3.05) is 39.8 Å². The van der Waals surface area contributed by atoms with Gasteiger partial charge in [0.25, 0.3) is 0 Å². The van der Waals surface area contributed by atoms with Gasteiger partial charge in [-0.2, -0.15) is 4.31 Å². The van der Waals surface area contributed by atoms with E-state index in [-0.39, 0.29) is 26.2 Å². The highest BCUT2D eigenvalue weighted by molar-refractivity contribution is 7.89. The molecule has 0 atom stereocenters. The molecule has 1 saturated heterocycles. The molecule has 0 spiro atoms. The zero-order valence-corrected chi connectivity index (χ0v) is 23.1. The maximum Gasteiger partial charge on any atom is 0.313 e. The van der Waals surface area contributed by atoms with Crippen LogP contribution in [-0.4, -0.2) is 79.8 Å². The first-order valence-electron chi connectivity index (χ1n) is 12.1. The van der Waals surface area contributed by atoms with Gasteiger partial charge < -0.3 is 19.8 Å². The number of carbonyl (C=O) groups is 2. The molecule has 1 aromatic heterocycles. The summed E-state index contributed by atoms with van der Waals surface area (Å²) in [7, 11) is -2.94. The minimum Gasteiger partial charge on any atom is -0.496 e. The third kappa shape index (κ3) is 7.40. The monoisotopic (exact) mass is 579 g/mol. The normalized spacial score (nSPS) is 15.9. The molecule has 3 rings (SSSR count). The molecule has 216 valence electrons. The predicted molar refractivity (Wildman–Crippen MR) is 142 cm³/mol. The summed E-state index contributed by atoms with van der Waals surface area (Å²) in [4.78, 5) is 29.6. The van der Waals surface area contributed by atoms with E-state index >= 15 is 0 Å². The van der Waals surface area contributed by atoms with E-state index in [2.05, 4.69) is 22.2 Å². The Morgan fingerprint density at radius 2 is 1.82 bits per heavy atom. The number of carbonyl (C=O) groups excluding carboxylic acids is 2. The lowest BCUT2D eigenvalue weighted by molar-refractivity contribution is -0.139. The summed E-state index contributed by atoms with van der Waals surface area (Å²) >= 11 is 0. The first-order valence-corrected chi connectivity index (χ1v) is 13.6. The van der Waals surface area contributed by atoms with Crippen molar-refractivity contribution in [3.05, 3.63) is 78.9 Å². The number of methoxy groups -OCH3 is 1. The number of sulfonamides is 1. The maximum absolute atomic E-state index is 14.1. The zero-order valence-electron chi connectivity index (χ0n) is 22.3. The Hall–Kier alpha value is -3.88. The number of benzene rings is 1. The summed E-state index contributed by atoms with van der Waals surface area (Å²) in [6.07, 6.45) is 6.88. The second-order valence-corrected chi connectivity index (χ2v) is 11.3. The summed E-state index contributed by atoms with van der Waals surface area (Å²) in [5.74, 6) is -3.38. The van der Waals surface area contributed by atoms with Crippen LogP contribution < -0.4 is 10.6 Å². The van der Waals surface area contributed by atoms with Crippen LogP contribution in [0.4, 0.5) is 8.78 Å². The molecule has 2 N–H and O–H groups in total. The molecule has 0 aliphatic carbocycles. The van der Waals surface area contributed by atoms with Gasteiger partial charge in [0, 0.05) is 44.5 Å². The lowest BCUT2D eigenvalue weighted by Gasteiger charge is -2.38. The van der Waals surface area contributed by atoms with Crippen molar-refractivity contribution in [1.29, 1.82) is 0 Å². The summed E-state index contributed by atoms with van der Waals surface area (Å²) in [6.45, 7) is 7.94. The van der Waals surface area contributed by atoms with Crippen molar-refractivity contribution in [2.24, 2.45) is 0 Å². The number of oxazole rings is 1. The highest BCUT2D eigenvalue weighted by Gasteiger charge is 2.35. The molecule has 0 radical (unpaired) electrons. The highest BCUT2D eigenvalue weighted by atomic mass is 32.2. The number of hydrogen-bond donors (Lipinski definition) is 2. The van der Waals surface area contributed by atoms with E-state index in [1.54, 1.807) is 13.8 Å². The van der Waals surface area contributed by atoms with Gasteiger partial charge in [0.05, 0.1) is 18.9 Å². The standard InChI is InChI=1S/C26H31F2N5O6S/c1-5-18(22-15-29-17-39-22)21(38-4)9-10-30-24(34)25(35)31-26(2,3)16-32-11-13-33(14-12-32)40(36,37)23-19(27)7-6-8-20(23)28/h5-10,15,17H,1,11-14,16H2,2-4H3,(H,30,34)(H,31,35)/b10-9+,21-18-. The third-order valence-corrected chi connectivity index (χ3v) is 7.91. The Morgan fingerprint density at radius 3 is 2.38 bits per heavy atom. The van der Waals surface area contributed by atoms with Gasteiger partial charge in [-0.1, -0.05) is 18.7 Å². The third-order valence-electron chi connectivity index (χ3n) is 5.96. The van der Waals surface area contributed by atoms with Gasteiger partial charge in [0.15, 0.2) is 17.0 Å². The topological polar surface area (TPSA) is 134 Å². The molecule has 2 aromatic rings. The van der Waals surface area contributed by atoms with Crippen LogP contribution in [-0.2, 0) is 24.3 Å². The van der Waals surface area contributed by atoms with Crippen LogP contribution in [0.25, 0.3) is 5.57 Å². The van der Waals surface area contributed by atoms with Gasteiger partial charge in [-0.15, -0.1) is 0 Å². The average molecular weight is 580 g/mol. The molecule has 14 heteroatoms. The number of ether oxygens (including phenoxy) is 1. The summed E-state index contributed by atoms with van der Waals surface area (Å²) < 4.78 is 65.3. The number of piperazine rings is 1. The molecule has 2 amide bonds. The molecule has 2 heterocycles. The minimum absolute atomic E-state index is 0.00152. The van der Waals surface area contributed by atoms with Crippen molar-refractivity contribution >= 4 is 27.4 Å². The van der Waals surface area contributed by atoms with Crippen LogP contribution in [0.3, 0.4) is 0 Å². The number of nitrogens with zero attached hydrogens (tertiary/aromatic N) is 3. The van der Waals surface area contributed by atoms with Crippen molar-refractivity contribution in [2.45, 2.75) is 24.3 Å². The Bertz CT molecular complexity index is 1380. The molecule has 1 fully saturated rings. The molecule has 1 aliphatic heterocycles. The van der Waals surface area contributed by atoms with Crippen LogP contribution in [0.5, 0.6) is 0 Å². The SMILES string of the molecule is C=C/C(=C(\C=C\NC(=O)C(=O)NC(C)(C)CN1CCN(S(=O)(=O)c2c(F)cccc2F)CC1)OC)c1cnco1. The molecule has 40 heavy (non-hydrogen) atoms. The number of nitrogens with one attached hydrogen (secondary N) is 2. The van der Waals surface area contributed by atoms with Crippen LogP contribution in [0.1, 0.15) is 19.6 Å². The largest absolute Gasteiger partial charge is 0.496 e. The van der Waals surface area contributed by atoms with E-state index in [9.17, 15) is 26.8 Å². The van der Waals surface area contributed by atoms with Gasteiger partial charge in [-0.3, -0.25) is 14.5 Å². The van der Waals surface area contributed by atoms with Crippen LogP contribution in [0, 0.1) is 11.6 Å². The van der Waals surface area contributed by atoms with Crippen LogP contribution >= 0.6 is 0 Å². The number of amides is 2. The number of rotatable bonds is 10. The summed E-state index contributed by atoms with van der Waals surface area (Å²) in [5.41, 5.74) is -0.375. The first kappa shape index (κ1) is 30.7. The quantitative estimate of drug-likeness (QED) is 0.248. The second kappa shape index (κ2) is 13.0. The lowest BCUT2D eigenvalue weighted by atomic mass is 10.0. The summed E-state index contributed by atoms with van der Waals surface area (Å²) in [6, 6.07) is 2.89. The average Bonchev–Trinajstić information content (AvgIpc) is 3.42. The zero-order chi connectivity index (χ0) is 29.5. The Balaban J connectivity index is 1.54. The number of allylic oxidation sites excluding steroid dienone is 3. The molecule has 1 aromatic carbocycles. The predicted octanol–water partition coefficient (Wildman–Crippen LogP) is 2.03. The van der Waals surface area contributed by atoms with Gasteiger partial charge in [-0.25, -0.2) is 22.2 Å². The lowest BCUT2D eigenvalue weighted by Crippen LogP contribution is -2.58. The fourth-order valence-corrected chi connectivity index (χ4v) is 5.68. The van der Waals surface area contributed by atoms with Crippen molar-refractivity contribution in [1.82, 2.24) is 24.8 Å². The van der Waals surface area contributed by atoms with E-state index in [1.165, 1.54) is 38.1 Å². The van der Waals surface area contributed by atoms with E-state index in [0.29, 0.717) is 23.6 Å². The molecule has 1 aliphatic rings. The molecular weight excluding hydrogens is 548 g/mol. The molecule has 0 unspecified atom stereocenters. The van der Waals surface area contributed by atoms with Gasteiger partial charge in [0.2, 0.25) is 10.0 Å². The molecular formula is C26H31F2N5O6S. The number of halogens is 2. The number of hydrogen-bond acceptors (Lipinski definition) is 8. The van der Waals surface area contributed by atoms with Crippen LogP contribution in [0.15, 0.2) is 70.8 Å². The smallest absolute Gasteiger partial charge is 0.313 e. The molecule has 0 saturated carbocycles. The van der Waals surface area contributed by atoms with Gasteiger partial charge >= 0.3 is 11.8 Å². The van der Waals surface area contributed by atoms with E-state index < -0.39 is 43.9 Å². The fourth-order valence-electron chi connectivity index (χ4n) is 4.15. The minimum atomic E-state index is -4.36. The van der Waals surface area contributed by atoms with E-state index in [1.807, 2.05) is 4.90 Å². The van der Waals surface area contributed by atoms with E-state index in [4.69, 9.17) is 9.15 Å². The van der Waals surface area contributed by atoms with Crippen molar-refractivity contribution in [3.63, 3.8) is 0 Å². The van der Waals surface area contributed by atoms with Gasteiger partial charge in [-0.05, 0) is 32.1 Å². The summed E-state index contributed by atoms with van der Waals surface area (Å²) in [5, 5.41) is 5.02. The number of aromatic nitrogens is 1. The fraction of sp³-hybridized carbons (Fsp3) is 0.346. The van der Waals surface area contributed by atoms with Crippen LogP contribution in [0.2, 0.25) is 0 Å². The maximum atomic E-state index is 14.1. The first-order chi connectivity index (χ1) is 18.9. The second-order valence-electron chi connectivity index (χ2n) is 9.43. The Labute approximate surface area is 231 Å².